The summed E-state index contributed by atoms with van der Waals surface area (Å²) in [6.07, 6.45) is 0. The van der Waals surface area contributed by atoms with Crippen molar-refractivity contribution in [3.05, 3.63) is 63.0 Å². The molecule has 0 saturated carbocycles. The summed E-state index contributed by atoms with van der Waals surface area (Å²) in [5.41, 5.74) is 0.234. The first kappa shape index (κ1) is 15.8. The summed E-state index contributed by atoms with van der Waals surface area (Å²) in [5.74, 6) is -1.57. The Balaban J connectivity index is 1.99. The molecule has 0 aliphatic rings. The molecular formula is C16H9Cl2NO3S. The Bertz CT molecular complexity index is 936. The number of thiophene rings is 1. The third-order valence-electron chi connectivity index (χ3n) is 3.20. The zero-order valence-corrected chi connectivity index (χ0v) is 13.8. The van der Waals surface area contributed by atoms with E-state index in [0.29, 0.717) is 14.9 Å². The van der Waals surface area contributed by atoms with E-state index in [4.69, 9.17) is 28.3 Å². The molecule has 7 heteroatoms. The van der Waals surface area contributed by atoms with Crippen LogP contribution in [-0.2, 0) is 0 Å². The van der Waals surface area contributed by atoms with Gasteiger partial charge in [-0.3, -0.25) is 4.79 Å². The number of carboxylic acids is 1. The minimum Gasteiger partial charge on any atom is -0.478 e. The van der Waals surface area contributed by atoms with Crippen molar-refractivity contribution in [2.24, 2.45) is 0 Å². The van der Waals surface area contributed by atoms with Gasteiger partial charge in [-0.1, -0.05) is 41.4 Å². The van der Waals surface area contributed by atoms with E-state index < -0.39 is 11.9 Å². The second kappa shape index (κ2) is 6.20. The molecule has 0 fully saturated rings. The van der Waals surface area contributed by atoms with Gasteiger partial charge in [0, 0.05) is 15.1 Å². The van der Waals surface area contributed by atoms with Crippen LogP contribution in [0.2, 0.25) is 10.0 Å². The van der Waals surface area contributed by atoms with Crippen molar-refractivity contribution >= 4 is 62.2 Å². The van der Waals surface area contributed by atoms with Crippen LogP contribution >= 0.6 is 34.5 Å². The molecule has 0 aliphatic heterocycles. The average Bonchev–Trinajstić information content (AvgIpc) is 2.84. The zero-order valence-electron chi connectivity index (χ0n) is 11.5. The summed E-state index contributed by atoms with van der Waals surface area (Å²) in [7, 11) is 0. The highest BCUT2D eigenvalue weighted by Gasteiger charge is 2.19. The third kappa shape index (κ3) is 3.03. The number of nitrogens with one attached hydrogen (secondary N) is 1. The quantitative estimate of drug-likeness (QED) is 0.673. The van der Waals surface area contributed by atoms with Crippen LogP contribution in [0.25, 0.3) is 10.1 Å². The van der Waals surface area contributed by atoms with E-state index in [1.54, 1.807) is 30.3 Å². The van der Waals surface area contributed by atoms with Gasteiger partial charge in [-0.05, 0) is 24.3 Å². The number of carbonyl (C=O) groups excluding carboxylic acids is 1. The van der Waals surface area contributed by atoms with E-state index in [1.807, 2.05) is 0 Å². The van der Waals surface area contributed by atoms with Crippen molar-refractivity contribution in [1.29, 1.82) is 0 Å². The lowest BCUT2D eigenvalue weighted by molar-refractivity contribution is 0.0698. The Morgan fingerprint density at radius 1 is 1.09 bits per heavy atom. The molecule has 2 aromatic carbocycles. The van der Waals surface area contributed by atoms with Crippen LogP contribution in [0.3, 0.4) is 0 Å². The fourth-order valence-corrected chi connectivity index (χ4v) is 3.83. The number of para-hydroxylation sites is 1. The number of fused-ring (bicyclic) bond motifs is 1. The summed E-state index contributed by atoms with van der Waals surface area (Å²) in [4.78, 5) is 24.0. The number of benzene rings is 2. The maximum absolute atomic E-state index is 12.5. The van der Waals surface area contributed by atoms with E-state index in [9.17, 15) is 9.59 Å². The predicted molar refractivity (Wildman–Crippen MR) is 93.2 cm³/mol. The minimum atomic E-state index is -1.12. The van der Waals surface area contributed by atoms with Crippen LogP contribution in [0.1, 0.15) is 20.0 Å². The number of halogens is 2. The topological polar surface area (TPSA) is 66.4 Å². The lowest BCUT2D eigenvalue weighted by atomic mass is 10.2. The highest BCUT2D eigenvalue weighted by atomic mass is 35.5. The van der Waals surface area contributed by atoms with Crippen molar-refractivity contribution in [1.82, 2.24) is 0 Å². The Kier molecular flexibility index (Phi) is 4.26. The molecule has 0 unspecified atom stereocenters. The first-order valence-electron chi connectivity index (χ1n) is 6.48. The number of rotatable bonds is 3. The highest BCUT2D eigenvalue weighted by molar-refractivity contribution is 7.21. The largest absolute Gasteiger partial charge is 0.478 e. The SMILES string of the molecule is O=C(O)c1ccccc1NC(=O)c1sc2cc(Cl)ccc2c1Cl. The Hall–Kier alpha value is -2.08. The average molecular weight is 366 g/mol. The van der Waals surface area contributed by atoms with E-state index in [1.165, 1.54) is 23.5 Å². The molecule has 3 aromatic rings. The van der Waals surface area contributed by atoms with Gasteiger partial charge in [0.2, 0.25) is 0 Å². The van der Waals surface area contributed by atoms with Gasteiger partial charge >= 0.3 is 5.97 Å². The molecule has 3 rings (SSSR count). The summed E-state index contributed by atoms with van der Waals surface area (Å²) in [6.45, 7) is 0. The second-order valence-electron chi connectivity index (χ2n) is 4.69. The van der Waals surface area contributed by atoms with E-state index in [0.717, 1.165) is 10.1 Å². The second-order valence-corrected chi connectivity index (χ2v) is 6.56. The van der Waals surface area contributed by atoms with E-state index >= 15 is 0 Å². The van der Waals surface area contributed by atoms with Crippen molar-refractivity contribution in [2.45, 2.75) is 0 Å². The molecule has 116 valence electrons. The number of aromatic carboxylic acids is 1. The summed E-state index contributed by atoms with van der Waals surface area (Å²) < 4.78 is 0.791. The molecule has 0 atom stereocenters. The van der Waals surface area contributed by atoms with E-state index in [2.05, 4.69) is 5.32 Å². The highest BCUT2D eigenvalue weighted by Crippen LogP contribution is 2.37. The molecule has 1 aromatic heterocycles. The Morgan fingerprint density at radius 2 is 1.83 bits per heavy atom. The van der Waals surface area contributed by atoms with Crippen LogP contribution in [0.4, 0.5) is 5.69 Å². The molecule has 0 bridgehead atoms. The first-order chi connectivity index (χ1) is 11.0. The zero-order chi connectivity index (χ0) is 16.6. The molecule has 0 radical (unpaired) electrons. The number of carboxylic acid groups (broad SMARTS) is 1. The van der Waals surface area contributed by atoms with Crippen molar-refractivity contribution in [3.63, 3.8) is 0 Å². The van der Waals surface area contributed by atoms with Gasteiger partial charge in [-0.25, -0.2) is 4.79 Å². The molecular weight excluding hydrogens is 357 g/mol. The van der Waals surface area contributed by atoms with Gasteiger partial charge in [0.25, 0.3) is 5.91 Å². The van der Waals surface area contributed by atoms with Gasteiger partial charge in [0.15, 0.2) is 0 Å². The summed E-state index contributed by atoms with van der Waals surface area (Å²) in [5, 5.41) is 13.4. The van der Waals surface area contributed by atoms with Gasteiger partial charge in [-0.2, -0.15) is 0 Å². The van der Waals surface area contributed by atoms with Gasteiger partial charge in [-0.15, -0.1) is 11.3 Å². The maximum atomic E-state index is 12.5. The van der Waals surface area contributed by atoms with Crippen molar-refractivity contribution < 1.29 is 14.7 Å². The lowest BCUT2D eigenvalue weighted by Gasteiger charge is -2.07. The molecule has 23 heavy (non-hydrogen) atoms. The number of amides is 1. The van der Waals surface area contributed by atoms with Crippen LogP contribution in [0.5, 0.6) is 0 Å². The molecule has 0 aliphatic carbocycles. The fourth-order valence-electron chi connectivity index (χ4n) is 2.14. The molecule has 0 spiro atoms. The molecule has 1 heterocycles. The fraction of sp³-hybridized carbons (Fsp3) is 0. The standard InChI is InChI=1S/C16H9Cl2NO3S/c17-8-5-6-10-12(7-8)23-14(13(10)18)15(20)19-11-4-2-1-3-9(11)16(21)22/h1-7H,(H,19,20)(H,21,22). The van der Waals surface area contributed by atoms with E-state index in [-0.39, 0.29) is 11.3 Å². The summed E-state index contributed by atoms with van der Waals surface area (Å²) in [6, 6.07) is 11.4. The molecule has 0 saturated heterocycles. The molecule has 2 N–H and O–H groups in total. The minimum absolute atomic E-state index is 0.0149. The third-order valence-corrected chi connectivity index (χ3v) is 5.09. The lowest BCUT2D eigenvalue weighted by Crippen LogP contribution is -2.13. The van der Waals surface area contributed by atoms with Gasteiger partial charge in [0.1, 0.15) is 4.88 Å². The first-order valence-corrected chi connectivity index (χ1v) is 8.06. The maximum Gasteiger partial charge on any atom is 0.337 e. The number of hydrogen-bond donors (Lipinski definition) is 2. The molecule has 1 amide bonds. The summed E-state index contributed by atoms with van der Waals surface area (Å²) >= 11 is 13.4. The van der Waals surface area contributed by atoms with Crippen LogP contribution in [-0.4, -0.2) is 17.0 Å². The van der Waals surface area contributed by atoms with Crippen LogP contribution in [0, 0.1) is 0 Å². The Labute approximate surface area is 145 Å². The van der Waals surface area contributed by atoms with Gasteiger partial charge < -0.3 is 10.4 Å². The Morgan fingerprint density at radius 3 is 2.57 bits per heavy atom. The monoisotopic (exact) mass is 365 g/mol. The predicted octanol–water partition coefficient (Wildman–Crippen LogP) is 5.16. The van der Waals surface area contributed by atoms with Gasteiger partial charge in [0.05, 0.1) is 16.3 Å². The number of carbonyl (C=O) groups is 2. The van der Waals surface area contributed by atoms with Crippen molar-refractivity contribution in [3.8, 4) is 0 Å². The number of anilines is 1. The van der Waals surface area contributed by atoms with Crippen molar-refractivity contribution in [2.75, 3.05) is 5.32 Å². The smallest absolute Gasteiger partial charge is 0.337 e. The normalized spacial score (nSPS) is 10.7. The molecule has 4 nitrogen and oxygen atoms in total. The van der Waals surface area contributed by atoms with Crippen LogP contribution in [0.15, 0.2) is 42.5 Å². The number of hydrogen-bond acceptors (Lipinski definition) is 3. The van der Waals surface area contributed by atoms with Crippen LogP contribution < -0.4 is 5.32 Å².